The molecule has 11 heavy (non-hydrogen) atoms. The van der Waals surface area contributed by atoms with Gasteiger partial charge < -0.3 is 0 Å². The van der Waals surface area contributed by atoms with Crippen molar-refractivity contribution in [2.45, 2.75) is 20.8 Å². The number of hydrogen-bond donors (Lipinski definition) is 0. The van der Waals surface area contributed by atoms with E-state index in [0.717, 1.165) is 0 Å². The van der Waals surface area contributed by atoms with Gasteiger partial charge in [-0.15, -0.1) is 0 Å². The second-order valence-electron chi connectivity index (χ2n) is 3.24. The first-order valence-electron chi connectivity index (χ1n) is 4.37. The molecule has 0 heterocycles. The Bertz CT molecular complexity index is 127. The summed E-state index contributed by atoms with van der Waals surface area (Å²) < 4.78 is 0. The third kappa shape index (κ3) is 2.56. The zero-order valence-corrected chi connectivity index (χ0v) is 10.4. The van der Waals surface area contributed by atoms with Gasteiger partial charge in [-0.3, -0.25) is 0 Å². The van der Waals surface area contributed by atoms with E-state index in [9.17, 15) is 0 Å². The van der Waals surface area contributed by atoms with Gasteiger partial charge in [-0.25, -0.2) is 0 Å². The molecule has 68 valence electrons. The first-order valence-corrected chi connectivity index (χ1v) is 9.37. The summed E-state index contributed by atoms with van der Waals surface area (Å²) in [4.78, 5) is 0. The van der Waals surface area contributed by atoms with Gasteiger partial charge in [0.25, 0.3) is 0 Å². The molecule has 0 aromatic carbocycles. The van der Waals surface area contributed by atoms with Crippen LogP contribution in [0, 0.1) is 0 Å². The van der Waals surface area contributed by atoms with Gasteiger partial charge in [0, 0.05) is 0 Å². The van der Waals surface area contributed by atoms with Crippen molar-refractivity contribution >= 4 is 20.8 Å². The van der Waals surface area contributed by atoms with Crippen LogP contribution in [0.25, 0.3) is 0 Å². The van der Waals surface area contributed by atoms with Gasteiger partial charge in [0.15, 0.2) is 0 Å². The summed E-state index contributed by atoms with van der Waals surface area (Å²) in [7, 11) is 0. The van der Waals surface area contributed by atoms with Crippen molar-refractivity contribution in [1.82, 2.24) is 0 Å². The van der Waals surface area contributed by atoms with Crippen LogP contribution >= 0.6 is 20.8 Å². The molecular weight excluding hydrogens is 219 g/mol. The molecule has 0 aliphatic heterocycles. The second-order valence-corrected chi connectivity index (χ2v) is 15.2. The molecule has 0 radical (unpaired) electrons. The molecule has 0 rings (SSSR count). The average molecular weight is 239 g/mol. The molecule has 0 N–H and O–H groups in total. The predicted molar refractivity (Wildman–Crippen MR) is 62.5 cm³/mol. The molecule has 0 spiro atoms. The molecule has 0 saturated heterocycles. The maximum absolute atomic E-state index is 4.01. The Balaban J connectivity index is 4.57. The van der Waals surface area contributed by atoms with Crippen LogP contribution in [-0.4, -0.2) is 24.6 Å². The Morgan fingerprint density at radius 1 is 1.18 bits per heavy atom. The molecule has 0 saturated carbocycles. The fraction of sp³-hybridized carbons (Fsp3) is 0.778. The van der Waals surface area contributed by atoms with Crippen molar-refractivity contribution in [3.05, 3.63) is 12.7 Å². The van der Waals surface area contributed by atoms with Crippen LogP contribution in [0.1, 0.15) is 20.8 Å². The molecule has 0 aliphatic rings. The molecule has 0 amide bonds. The molecule has 0 bridgehead atoms. The SMILES string of the molecule is C=CCP(Br)(CC)(CC)CC. The molecule has 0 aromatic rings. The Hall–Kier alpha value is 0.650. The van der Waals surface area contributed by atoms with E-state index in [1.807, 2.05) is 0 Å². The minimum absolute atomic E-state index is 1.19. The first-order chi connectivity index (χ1) is 5.04. The van der Waals surface area contributed by atoms with E-state index in [-0.39, 0.29) is 0 Å². The van der Waals surface area contributed by atoms with E-state index in [2.05, 4.69) is 48.9 Å². The molecule has 0 aromatic heterocycles. The summed E-state index contributed by atoms with van der Waals surface area (Å²) in [5.41, 5.74) is 0. The Kier molecular flexibility index (Phi) is 4.29. The zero-order valence-electron chi connectivity index (χ0n) is 7.94. The third-order valence-corrected chi connectivity index (χ3v) is 14.3. The summed E-state index contributed by atoms with van der Waals surface area (Å²) in [6.07, 6.45) is 7.15. The Morgan fingerprint density at radius 2 is 1.55 bits per heavy atom. The fourth-order valence-electron chi connectivity index (χ4n) is 1.38. The van der Waals surface area contributed by atoms with Crippen LogP contribution in [0.5, 0.6) is 0 Å². The van der Waals surface area contributed by atoms with Gasteiger partial charge in [0.2, 0.25) is 0 Å². The van der Waals surface area contributed by atoms with Crippen LogP contribution < -0.4 is 0 Å². The first kappa shape index (κ1) is 11.6. The van der Waals surface area contributed by atoms with E-state index in [1.165, 1.54) is 24.6 Å². The summed E-state index contributed by atoms with van der Waals surface area (Å²) >= 11 is 4.01. The molecule has 0 atom stereocenters. The van der Waals surface area contributed by atoms with Crippen LogP contribution in [0.4, 0.5) is 0 Å². The van der Waals surface area contributed by atoms with E-state index in [1.54, 1.807) is 0 Å². The fourth-order valence-corrected chi connectivity index (χ4v) is 4.76. The van der Waals surface area contributed by atoms with Crippen LogP contribution in [0.15, 0.2) is 12.7 Å². The van der Waals surface area contributed by atoms with Crippen molar-refractivity contribution in [1.29, 1.82) is 0 Å². The van der Waals surface area contributed by atoms with E-state index in [4.69, 9.17) is 0 Å². The maximum atomic E-state index is 4.01. The molecule has 0 fully saturated rings. The Labute approximate surface area is 79.1 Å². The standard InChI is InChI=1S/C9H20BrP/c1-5-9-11(10,6-2,7-3)8-4/h5H,1,6-9H2,2-4H3. The van der Waals surface area contributed by atoms with Crippen molar-refractivity contribution in [3.63, 3.8) is 0 Å². The predicted octanol–water partition coefficient (Wildman–Crippen LogP) is 4.10. The van der Waals surface area contributed by atoms with Gasteiger partial charge >= 0.3 is 78.9 Å². The van der Waals surface area contributed by atoms with E-state index in [0.29, 0.717) is 0 Å². The molecule has 0 nitrogen and oxygen atoms in total. The number of rotatable bonds is 5. The summed E-state index contributed by atoms with van der Waals surface area (Å²) in [6.45, 7) is 10.7. The van der Waals surface area contributed by atoms with Crippen LogP contribution in [0.2, 0.25) is 0 Å². The van der Waals surface area contributed by atoms with Gasteiger partial charge in [-0.2, -0.15) is 0 Å². The number of halogens is 1. The van der Waals surface area contributed by atoms with E-state index < -0.39 is 5.31 Å². The van der Waals surface area contributed by atoms with E-state index >= 15 is 0 Å². The van der Waals surface area contributed by atoms with Crippen molar-refractivity contribution in [2.75, 3.05) is 24.6 Å². The van der Waals surface area contributed by atoms with Crippen molar-refractivity contribution in [3.8, 4) is 0 Å². The minimum atomic E-state index is -1.49. The second kappa shape index (κ2) is 4.05. The monoisotopic (exact) mass is 238 g/mol. The van der Waals surface area contributed by atoms with Crippen molar-refractivity contribution in [2.24, 2.45) is 0 Å². The summed E-state index contributed by atoms with van der Waals surface area (Å²) in [5.74, 6) is 0. The summed E-state index contributed by atoms with van der Waals surface area (Å²) in [6, 6.07) is 0. The Morgan fingerprint density at radius 3 is 1.64 bits per heavy atom. The zero-order chi connectivity index (χ0) is 8.98. The molecule has 0 unspecified atom stereocenters. The third-order valence-electron chi connectivity index (χ3n) is 2.96. The van der Waals surface area contributed by atoms with Crippen LogP contribution in [-0.2, 0) is 0 Å². The molecular formula is C9H20BrP. The average Bonchev–Trinajstić information content (AvgIpc) is 2.06. The number of hydrogen-bond acceptors (Lipinski definition) is 0. The van der Waals surface area contributed by atoms with Gasteiger partial charge in [-0.05, 0) is 0 Å². The topological polar surface area (TPSA) is 0 Å². The van der Waals surface area contributed by atoms with Crippen molar-refractivity contribution < 1.29 is 0 Å². The molecule has 2 heteroatoms. The number of allylic oxidation sites excluding steroid dienone is 1. The van der Waals surface area contributed by atoms with Gasteiger partial charge in [-0.1, -0.05) is 0 Å². The van der Waals surface area contributed by atoms with Gasteiger partial charge in [0.05, 0.1) is 0 Å². The molecule has 0 aliphatic carbocycles. The van der Waals surface area contributed by atoms with Crippen LogP contribution in [0.3, 0.4) is 0 Å². The quantitative estimate of drug-likeness (QED) is 0.500. The van der Waals surface area contributed by atoms with Gasteiger partial charge in [0.1, 0.15) is 0 Å². The normalized spacial score (nSPS) is 15.5. The summed E-state index contributed by atoms with van der Waals surface area (Å²) in [5, 5.41) is -1.49.